The molecule has 0 aliphatic rings. The number of hydrogen-bond donors (Lipinski definition) is 0. The topological polar surface area (TPSA) is 26.3 Å². The Morgan fingerprint density at radius 1 is 1.05 bits per heavy atom. The van der Waals surface area contributed by atoms with Crippen LogP contribution in [-0.4, -0.2) is 5.78 Å². The number of ketones is 1. The van der Waals surface area contributed by atoms with Crippen LogP contribution >= 0.6 is 0 Å². The molecule has 2 aromatic rings. The van der Waals surface area contributed by atoms with Crippen molar-refractivity contribution in [3.05, 3.63) is 64.2 Å². The molecule has 2 rings (SSSR count). The Morgan fingerprint density at radius 2 is 1.70 bits per heavy atom. The Bertz CT molecular complexity index is 622. The molecule has 0 bridgehead atoms. The molecule has 0 aliphatic carbocycles. The zero-order valence-corrected chi connectivity index (χ0v) is 12.5. The smallest absolute Gasteiger partial charge is 0.159 e. The molecule has 0 spiro atoms. The van der Waals surface area contributed by atoms with E-state index < -0.39 is 0 Å². The average Bonchev–Trinajstić information content (AvgIpc) is 2.37. The van der Waals surface area contributed by atoms with Crippen molar-refractivity contribution in [3.8, 4) is 5.75 Å². The van der Waals surface area contributed by atoms with E-state index in [2.05, 4.69) is 32.0 Å². The standard InChI is InChI=1S/C18H20O2/c1-12-8-16(15(4)19)10-17(9-12)20-11-18-13(2)6-5-7-14(18)3/h5-10H,11H2,1-4H3. The summed E-state index contributed by atoms with van der Waals surface area (Å²) in [5.41, 5.74) is 5.39. The second-order valence-corrected chi connectivity index (χ2v) is 5.25. The minimum Gasteiger partial charge on any atom is -0.489 e. The number of benzene rings is 2. The van der Waals surface area contributed by atoms with E-state index in [0.29, 0.717) is 12.2 Å². The molecule has 2 heteroatoms. The Kier molecular flexibility index (Phi) is 4.23. The predicted octanol–water partition coefficient (Wildman–Crippen LogP) is 4.39. The Hall–Kier alpha value is -2.09. The fourth-order valence-corrected chi connectivity index (χ4v) is 2.27. The maximum atomic E-state index is 11.5. The summed E-state index contributed by atoms with van der Waals surface area (Å²) in [5, 5.41) is 0. The number of hydrogen-bond acceptors (Lipinski definition) is 2. The fourth-order valence-electron chi connectivity index (χ4n) is 2.27. The van der Waals surface area contributed by atoms with E-state index in [1.165, 1.54) is 16.7 Å². The van der Waals surface area contributed by atoms with E-state index >= 15 is 0 Å². The summed E-state index contributed by atoms with van der Waals surface area (Å²) in [7, 11) is 0. The number of aryl methyl sites for hydroxylation is 3. The van der Waals surface area contributed by atoms with Crippen molar-refractivity contribution in [2.24, 2.45) is 0 Å². The van der Waals surface area contributed by atoms with Crippen LogP contribution < -0.4 is 4.74 Å². The van der Waals surface area contributed by atoms with Crippen LogP contribution in [0.5, 0.6) is 5.75 Å². The summed E-state index contributed by atoms with van der Waals surface area (Å²) in [5.74, 6) is 0.809. The van der Waals surface area contributed by atoms with Gasteiger partial charge in [0.25, 0.3) is 0 Å². The quantitative estimate of drug-likeness (QED) is 0.768. The van der Waals surface area contributed by atoms with Crippen molar-refractivity contribution >= 4 is 5.78 Å². The first kappa shape index (κ1) is 14.3. The number of Topliss-reactive ketones (excluding diaryl/α,β-unsaturated/α-hetero) is 1. The summed E-state index contributed by atoms with van der Waals surface area (Å²) in [6, 6.07) is 11.9. The van der Waals surface area contributed by atoms with Crippen molar-refractivity contribution in [1.82, 2.24) is 0 Å². The van der Waals surface area contributed by atoms with Gasteiger partial charge in [0, 0.05) is 5.56 Å². The minimum absolute atomic E-state index is 0.0608. The largest absolute Gasteiger partial charge is 0.489 e. The SMILES string of the molecule is CC(=O)c1cc(C)cc(OCc2c(C)cccc2C)c1. The van der Waals surface area contributed by atoms with Crippen molar-refractivity contribution in [3.63, 3.8) is 0 Å². The number of ether oxygens (including phenoxy) is 1. The number of carbonyl (C=O) groups excluding carboxylic acids is 1. The highest BCUT2D eigenvalue weighted by molar-refractivity contribution is 5.94. The van der Waals surface area contributed by atoms with Crippen molar-refractivity contribution in [2.75, 3.05) is 0 Å². The molecule has 0 fully saturated rings. The minimum atomic E-state index is 0.0608. The lowest BCUT2D eigenvalue weighted by molar-refractivity contribution is 0.101. The Balaban J connectivity index is 2.21. The molecule has 0 aromatic heterocycles. The highest BCUT2D eigenvalue weighted by atomic mass is 16.5. The number of rotatable bonds is 4. The fraction of sp³-hybridized carbons (Fsp3) is 0.278. The van der Waals surface area contributed by atoms with E-state index in [4.69, 9.17) is 4.74 Å². The van der Waals surface area contributed by atoms with Crippen molar-refractivity contribution in [1.29, 1.82) is 0 Å². The Labute approximate surface area is 120 Å². The first-order valence-electron chi connectivity index (χ1n) is 6.78. The van der Waals surface area contributed by atoms with Crippen LogP contribution in [0.25, 0.3) is 0 Å². The third kappa shape index (κ3) is 3.27. The number of carbonyl (C=O) groups is 1. The second-order valence-electron chi connectivity index (χ2n) is 5.25. The molecule has 0 radical (unpaired) electrons. The van der Waals surface area contributed by atoms with Gasteiger partial charge in [0.1, 0.15) is 12.4 Å². The molecule has 0 N–H and O–H groups in total. The first-order chi connectivity index (χ1) is 9.47. The highest BCUT2D eigenvalue weighted by Crippen LogP contribution is 2.21. The van der Waals surface area contributed by atoms with Crippen molar-refractivity contribution in [2.45, 2.75) is 34.3 Å². The van der Waals surface area contributed by atoms with E-state index in [0.717, 1.165) is 11.3 Å². The molecule has 0 saturated heterocycles. The molecular formula is C18H20O2. The van der Waals surface area contributed by atoms with Gasteiger partial charge in [-0.05, 0) is 68.1 Å². The van der Waals surface area contributed by atoms with Gasteiger partial charge in [-0.15, -0.1) is 0 Å². The molecular weight excluding hydrogens is 248 g/mol. The zero-order chi connectivity index (χ0) is 14.7. The van der Waals surface area contributed by atoms with E-state index in [9.17, 15) is 4.79 Å². The maximum absolute atomic E-state index is 11.5. The normalized spacial score (nSPS) is 10.4. The average molecular weight is 268 g/mol. The third-order valence-electron chi connectivity index (χ3n) is 3.49. The van der Waals surface area contributed by atoms with Crippen LogP contribution in [0, 0.1) is 20.8 Å². The van der Waals surface area contributed by atoms with Crippen LogP contribution in [-0.2, 0) is 6.61 Å². The van der Waals surface area contributed by atoms with Crippen molar-refractivity contribution < 1.29 is 9.53 Å². The van der Waals surface area contributed by atoms with Gasteiger partial charge in [-0.25, -0.2) is 0 Å². The molecule has 0 unspecified atom stereocenters. The third-order valence-corrected chi connectivity index (χ3v) is 3.49. The molecule has 2 aromatic carbocycles. The molecule has 0 saturated carbocycles. The van der Waals surface area contributed by atoms with Gasteiger partial charge in [-0.3, -0.25) is 4.79 Å². The van der Waals surface area contributed by atoms with Crippen LogP contribution in [0.3, 0.4) is 0 Å². The maximum Gasteiger partial charge on any atom is 0.159 e. The summed E-state index contributed by atoms with van der Waals surface area (Å²) in [4.78, 5) is 11.5. The molecule has 0 amide bonds. The molecule has 0 aliphatic heterocycles. The Morgan fingerprint density at radius 3 is 2.30 bits per heavy atom. The lowest BCUT2D eigenvalue weighted by Gasteiger charge is -2.12. The van der Waals surface area contributed by atoms with E-state index in [-0.39, 0.29) is 5.78 Å². The highest BCUT2D eigenvalue weighted by Gasteiger charge is 2.06. The van der Waals surface area contributed by atoms with Gasteiger partial charge in [-0.2, -0.15) is 0 Å². The lowest BCUT2D eigenvalue weighted by atomic mass is 10.0. The van der Waals surface area contributed by atoms with E-state index in [1.807, 2.05) is 25.1 Å². The van der Waals surface area contributed by atoms with Gasteiger partial charge in [0.05, 0.1) is 0 Å². The second kappa shape index (κ2) is 5.91. The molecule has 0 atom stereocenters. The predicted molar refractivity (Wildman–Crippen MR) is 81.4 cm³/mol. The summed E-state index contributed by atoms with van der Waals surface area (Å²) >= 11 is 0. The van der Waals surface area contributed by atoms with Gasteiger partial charge in [-0.1, -0.05) is 18.2 Å². The summed E-state index contributed by atoms with van der Waals surface area (Å²) < 4.78 is 5.87. The van der Waals surface area contributed by atoms with Crippen LogP contribution in [0.2, 0.25) is 0 Å². The summed E-state index contributed by atoms with van der Waals surface area (Å²) in [6.45, 7) is 8.24. The van der Waals surface area contributed by atoms with Gasteiger partial charge < -0.3 is 4.74 Å². The zero-order valence-electron chi connectivity index (χ0n) is 12.5. The molecule has 104 valence electrons. The van der Waals surface area contributed by atoms with Gasteiger partial charge in [0.15, 0.2) is 5.78 Å². The van der Waals surface area contributed by atoms with E-state index in [1.54, 1.807) is 6.92 Å². The van der Waals surface area contributed by atoms with Crippen LogP contribution in [0.4, 0.5) is 0 Å². The first-order valence-corrected chi connectivity index (χ1v) is 6.78. The lowest BCUT2D eigenvalue weighted by Crippen LogP contribution is -2.02. The van der Waals surface area contributed by atoms with Crippen LogP contribution in [0.15, 0.2) is 36.4 Å². The van der Waals surface area contributed by atoms with Gasteiger partial charge in [0.2, 0.25) is 0 Å². The van der Waals surface area contributed by atoms with Crippen LogP contribution in [0.1, 0.15) is 39.5 Å². The monoisotopic (exact) mass is 268 g/mol. The molecule has 2 nitrogen and oxygen atoms in total. The molecule has 20 heavy (non-hydrogen) atoms. The summed E-state index contributed by atoms with van der Waals surface area (Å²) in [6.07, 6.45) is 0. The molecule has 0 heterocycles. The van der Waals surface area contributed by atoms with Gasteiger partial charge >= 0.3 is 0 Å².